The first kappa shape index (κ1) is 33.5. The van der Waals surface area contributed by atoms with Gasteiger partial charge in [-0.2, -0.15) is 0 Å². The lowest BCUT2D eigenvalue weighted by molar-refractivity contribution is -0.145. The van der Waals surface area contributed by atoms with Gasteiger partial charge in [0.05, 0.1) is 6.04 Å². The van der Waals surface area contributed by atoms with Crippen LogP contribution in [-0.2, 0) is 25.6 Å². The molecule has 1 aromatic rings. The number of amides is 5. The lowest BCUT2D eigenvalue weighted by Gasteiger charge is -2.52. The van der Waals surface area contributed by atoms with Gasteiger partial charge in [0.2, 0.25) is 17.6 Å². The van der Waals surface area contributed by atoms with Gasteiger partial charge in [0.15, 0.2) is 0 Å². The van der Waals surface area contributed by atoms with Crippen molar-refractivity contribution in [1.82, 2.24) is 20.9 Å². The molecule has 1 aliphatic heterocycles. The predicted octanol–water partition coefficient (Wildman–Crippen LogP) is 3.71. The van der Waals surface area contributed by atoms with E-state index in [0.717, 1.165) is 38.5 Å². The van der Waals surface area contributed by atoms with Gasteiger partial charge in [-0.3, -0.25) is 19.2 Å². The molecule has 10 heteroatoms. The standard InChI is InChI=1S/C37H53N5O5/c1-35(2,3)30(40-34(47)41-37(18-22-9-7-6-8-10-22)19-23-13-15-24(37)16-14-23)33(46)42-20-25-27(36(25,4)5)28(42)32(45)39-26(17-21-11-12-21)29(43)31(38)44/h6-10,21,23-28,30H,11-20H2,1-5H3,(H2,38,44)(H,39,45)(H2,40,41,47)/t23?,24?,25?,26?,27-,28-,30+,37?/m0/s1. The summed E-state index contributed by atoms with van der Waals surface area (Å²) in [6, 6.07) is 7.24. The van der Waals surface area contributed by atoms with E-state index >= 15 is 0 Å². The zero-order chi connectivity index (χ0) is 33.9. The van der Waals surface area contributed by atoms with E-state index in [2.05, 4.69) is 41.9 Å². The third-order valence-electron chi connectivity index (χ3n) is 12.3. The fourth-order valence-electron chi connectivity index (χ4n) is 9.34. The van der Waals surface area contributed by atoms with Crippen LogP contribution in [0.25, 0.3) is 0 Å². The summed E-state index contributed by atoms with van der Waals surface area (Å²) in [5, 5.41) is 9.32. The number of nitrogens with two attached hydrogens (primary N) is 1. The summed E-state index contributed by atoms with van der Waals surface area (Å²) in [4.78, 5) is 68.5. The monoisotopic (exact) mass is 647 g/mol. The Bertz CT molecular complexity index is 1410. The molecule has 6 fully saturated rings. The number of fused-ring (bicyclic) bond motifs is 4. The van der Waals surface area contributed by atoms with Crippen LogP contribution in [0.2, 0.25) is 0 Å². The number of nitrogens with zero attached hydrogens (tertiary/aromatic N) is 1. The molecule has 5 saturated carbocycles. The van der Waals surface area contributed by atoms with Gasteiger partial charge in [-0.1, -0.05) is 90.6 Å². The smallest absolute Gasteiger partial charge is 0.315 e. The normalized spacial score (nSPS) is 31.7. The number of Topliss-reactive ketones (excluding diaryl/α,β-unsaturated/α-hetero) is 1. The second kappa shape index (κ2) is 12.2. The van der Waals surface area contributed by atoms with E-state index in [4.69, 9.17) is 5.73 Å². The Hall–Kier alpha value is -3.43. The number of hydrogen-bond donors (Lipinski definition) is 4. The number of carbonyl (C=O) groups excluding carboxylic acids is 5. The van der Waals surface area contributed by atoms with E-state index in [-0.39, 0.29) is 40.6 Å². The Balaban J connectivity index is 1.21. The highest BCUT2D eigenvalue weighted by Gasteiger charge is 2.70. The van der Waals surface area contributed by atoms with Gasteiger partial charge >= 0.3 is 6.03 Å². The molecule has 0 radical (unpaired) electrons. The first-order valence-electron chi connectivity index (χ1n) is 17.7. The van der Waals surface area contributed by atoms with Crippen molar-refractivity contribution >= 4 is 29.5 Å². The number of likely N-dealkylation sites (tertiary alicyclic amines) is 1. The number of urea groups is 1. The number of carbonyl (C=O) groups is 5. The number of nitrogens with one attached hydrogen (secondary N) is 3. The molecule has 0 aromatic heterocycles. The largest absolute Gasteiger partial charge is 0.363 e. The Morgan fingerprint density at radius 2 is 1.62 bits per heavy atom. The van der Waals surface area contributed by atoms with Crippen molar-refractivity contribution < 1.29 is 24.0 Å². The molecule has 7 rings (SSSR count). The Kier molecular flexibility index (Phi) is 8.71. The van der Waals surface area contributed by atoms with E-state index in [1.165, 1.54) is 18.4 Å². The summed E-state index contributed by atoms with van der Waals surface area (Å²) in [7, 11) is 0. The van der Waals surface area contributed by atoms with Crippen LogP contribution in [0, 0.1) is 40.4 Å². The lowest BCUT2D eigenvalue weighted by Crippen LogP contribution is -2.65. The highest BCUT2D eigenvalue weighted by atomic mass is 16.2. The quantitative estimate of drug-likeness (QED) is 0.270. The topological polar surface area (TPSA) is 151 Å². The fraction of sp³-hybridized carbons (Fsp3) is 0.703. The molecule has 3 unspecified atom stereocenters. The molecule has 6 aliphatic rings. The number of hydrogen-bond acceptors (Lipinski definition) is 5. The van der Waals surface area contributed by atoms with Crippen molar-refractivity contribution in [3.63, 3.8) is 0 Å². The van der Waals surface area contributed by atoms with Crippen molar-refractivity contribution in [3.05, 3.63) is 35.9 Å². The number of primary amides is 1. The van der Waals surface area contributed by atoms with Gasteiger partial charge in [-0.05, 0) is 78.1 Å². The minimum absolute atomic E-state index is 0.0851. The van der Waals surface area contributed by atoms with Crippen LogP contribution in [0.1, 0.15) is 91.5 Å². The minimum atomic E-state index is -1.07. The summed E-state index contributed by atoms with van der Waals surface area (Å²) in [5.41, 5.74) is 5.35. The van der Waals surface area contributed by atoms with Crippen molar-refractivity contribution in [2.24, 2.45) is 46.2 Å². The molecule has 256 valence electrons. The van der Waals surface area contributed by atoms with Gasteiger partial charge in [0.1, 0.15) is 12.1 Å². The molecule has 1 saturated heterocycles. The Labute approximate surface area is 278 Å². The third kappa shape index (κ3) is 6.66. The van der Waals surface area contributed by atoms with Crippen LogP contribution in [0.5, 0.6) is 0 Å². The van der Waals surface area contributed by atoms with Crippen LogP contribution in [0.3, 0.4) is 0 Å². The van der Waals surface area contributed by atoms with Crippen molar-refractivity contribution in [2.45, 2.75) is 116 Å². The number of piperidine rings is 1. The van der Waals surface area contributed by atoms with Crippen LogP contribution < -0.4 is 21.7 Å². The molecule has 10 nitrogen and oxygen atoms in total. The van der Waals surface area contributed by atoms with E-state index in [1.807, 2.05) is 39.0 Å². The molecule has 1 aromatic carbocycles. The van der Waals surface area contributed by atoms with Crippen molar-refractivity contribution in [1.29, 1.82) is 0 Å². The average Bonchev–Trinajstić information content (AvgIpc) is 3.86. The van der Waals surface area contributed by atoms with Crippen LogP contribution in [0.4, 0.5) is 4.79 Å². The van der Waals surface area contributed by atoms with Gasteiger partial charge in [0, 0.05) is 12.1 Å². The fourth-order valence-corrected chi connectivity index (χ4v) is 9.34. The summed E-state index contributed by atoms with van der Waals surface area (Å²) in [6.45, 7) is 10.3. The molecular formula is C37H53N5O5. The first-order chi connectivity index (χ1) is 22.1. The molecule has 5 aliphatic carbocycles. The predicted molar refractivity (Wildman–Crippen MR) is 178 cm³/mol. The number of benzene rings is 1. The Morgan fingerprint density at radius 3 is 2.17 bits per heavy atom. The second-order valence-electron chi connectivity index (χ2n) is 17.0. The molecule has 6 atom stereocenters. The maximum Gasteiger partial charge on any atom is 0.315 e. The highest BCUT2D eigenvalue weighted by molar-refractivity contribution is 6.37. The lowest BCUT2D eigenvalue weighted by atomic mass is 9.58. The van der Waals surface area contributed by atoms with E-state index in [9.17, 15) is 24.0 Å². The summed E-state index contributed by atoms with van der Waals surface area (Å²) in [5.74, 6) is -1.36. The summed E-state index contributed by atoms with van der Waals surface area (Å²) >= 11 is 0. The number of ketones is 1. The van der Waals surface area contributed by atoms with Crippen LogP contribution >= 0.6 is 0 Å². The minimum Gasteiger partial charge on any atom is -0.363 e. The van der Waals surface area contributed by atoms with Crippen LogP contribution in [0.15, 0.2) is 30.3 Å². The molecule has 1 heterocycles. The third-order valence-corrected chi connectivity index (χ3v) is 12.3. The van der Waals surface area contributed by atoms with Gasteiger partial charge < -0.3 is 26.6 Å². The summed E-state index contributed by atoms with van der Waals surface area (Å²) < 4.78 is 0. The highest BCUT2D eigenvalue weighted by Crippen LogP contribution is 2.65. The van der Waals surface area contributed by atoms with Crippen LogP contribution in [-0.4, -0.2) is 64.6 Å². The first-order valence-corrected chi connectivity index (χ1v) is 17.7. The second-order valence-corrected chi connectivity index (χ2v) is 17.0. The van der Waals surface area contributed by atoms with Gasteiger partial charge in [-0.15, -0.1) is 0 Å². The number of rotatable bonds is 11. The molecule has 5 N–H and O–H groups in total. The molecule has 2 bridgehead atoms. The molecule has 0 spiro atoms. The maximum absolute atomic E-state index is 14.5. The summed E-state index contributed by atoms with van der Waals surface area (Å²) in [6.07, 6.45) is 8.48. The van der Waals surface area contributed by atoms with E-state index < -0.39 is 41.1 Å². The zero-order valence-corrected chi connectivity index (χ0v) is 28.6. The maximum atomic E-state index is 14.5. The molecule has 47 heavy (non-hydrogen) atoms. The Morgan fingerprint density at radius 1 is 0.957 bits per heavy atom. The van der Waals surface area contributed by atoms with E-state index in [0.29, 0.717) is 24.8 Å². The zero-order valence-electron chi connectivity index (χ0n) is 28.6. The van der Waals surface area contributed by atoms with Crippen molar-refractivity contribution in [3.8, 4) is 0 Å². The average molecular weight is 648 g/mol. The van der Waals surface area contributed by atoms with Gasteiger partial charge in [-0.25, -0.2) is 4.79 Å². The molecular weight excluding hydrogens is 594 g/mol. The van der Waals surface area contributed by atoms with E-state index in [1.54, 1.807) is 4.90 Å². The molecule has 5 amide bonds. The van der Waals surface area contributed by atoms with Gasteiger partial charge in [0.25, 0.3) is 5.91 Å². The SMILES string of the molecule is CC(C)(C)[C@H](NC(=O)NC1(Cc2ccccc2)CC2CCC1CC2)C(=O)N1CC2[C@@H]([C@H]1C(=O)NC(CC1CC1)C(=O)C(N)=O)C2(C)C. The van der Waals surface area contributed by atoms with Crippen molar-refractivity contribution in [2.75, 3.05) is 6.54 Å².